The number of hydrogen-bond donors (Lipinski definition) is 1. The van der Waals surface area contributed by atoms with Gasteiger partial charge < -0.3 is 15.1 Å². The first-order valence-corrected chi connectivity index (χ1v) is 11.2. The largest absolute Gasteiger partial charge is 0.383 e. The summed E-state index contributed by atoms with van der Waals surface area (Å²) in [5, 5.41) is 9.29. The monoisotopic (exact) mass is 445 g/mol. The predicted molar refractivity (Wildman–Crippen MR) is 124 cm³/mol. The van der Waals surface area contributed by atoms with Gasteiger partial charge in [-0.15, -0.1) is 0 Å². The number of nitrogen functional groups attached to an aromatic ring is 1. The van der Waals surface area contributed by atoms with Crippen molar-refractivity contribution in [3.63, 3.8) is 0 Å². The second kappa shape index (κ2) is 8.40. The molecule has 0 unspecified atom stereocenters. The van der Waals surface area contributed by atoms with E-state index in [9.17, 15) is 0 Å². The number of nitrogens with zero attached hydrogens (tertiary/aromatic N) is 7. The minimum absolute atomic E-state index is 0.276. The van der Waals surface area contributed by atoms with E-state index in [0.29, 0.717) is 11.8 Å². The van der Waals surface area contributed by atoms with E-state index in [1.54, 1.807) is 18.8 Å². The molecule has 3 aromatic heterocycles. The molecule has 0 bridgehead atoms. The molecule has 1 fully saturated rings. The average Bonchev–Trinajstić information content (AvgIpc) is 3.37. The van der Waals surface area contributed by atoms with Crippen LogP contribution in [0.1, 0.15) is 25.3 Å². The maximum Gasteiger partial charge on any atom is 0.362 e. The quantitative estimate of drug-likeness (QED) is 0.416. The first kappa shape index (κ1) is 21.3. The Hall–Kier alpha value is -3.59. The summed E-state index contributed by atoms with van der Waals surface area (Å²) >= 11 is 0. The molecule has 1 saturated carbocycles. The fourth-order valence-electron chi connectivity index (χ4n) is 4.17. The van der Waals surface area contributed by atoms with Crippen LogP contribution in [-0.4, -0.2) is 50.4 Å². The van der Waals surface area contributed by atoms with E-state index in [2.05, 4.69) is 65.3 Å². The number of benzene rings is 1. The standard InChI is InChI=1S/C24H29N8O/c1-24(21-8-9-21,20-6-4-17(5-7-20)18-12-26-23(25)27-13-18)32-16-33-22(29-32)19-14-28-31(15-19)11-10-30(2)3/h4-7,12-16,21H,8-11H2,1-3H3,(H2,25,26,27)/q+1/t24-/m0/s1. The third-order valence-electron chi connectivity index (χ3n) is 6.44. The summed E-state index contributed by atoms with van der Waals surface area (Å²) in [7, 11) is 4.10. The highest BCUT2D eigenvalue weighted by atomic mass is 16.4. The predicted octanol–water partition coefficient (Wildman–Crippen LogP) is 2.60. The molecular weight excluding hydrogens is 416 g/mol. The molecule has 0 saturated heterocycles. The highest BCUT2D eigenvalue weighted by Gasteiger charge is 2.53. The number of aromatic nitrogens is 6. The third kappa shape index (κ3) is 4.23. The maximum atomic E-state index is 5.90. The molecule has 1 aliphatic carbocycles. The van der Waals surface area contributed by atoms with Crippen LogP contribution >= 0.6 is 0 Å². The van der Waals surface area contributed by atoms with Crippen molar-refractivity contribution < 1.29 is 9.10 Å². The van der Waals surface area contributed by atoms with E-state index in [1.165, 1.54) is 18.4 Å². The molecular formula is C24H29N8O+. The molecule has 0 amide bonds. The highest BCUT2D eigenvalue weighted by Crippen LogP contribution is 2.45. The topological polar surface area (TPSA) is 103 Å². The van der Waals surface area contributed by atoms with Gasteiger partial charge in [0.15, 0.2) is 0 Å². The zero-order chi connectivity index (χ0) is 23.0. The fraction of sp³-hybridized carbons (Fsp3) is 0.375. The first-order chi connectivity index (χ1) is 15.9. The normalized spacial score (nSPS) is 15.6. The van der Waals surface area contributed by atoms with Crippen molar-refractivity contribution in [3.05, 3.63) is 61.0 Å². The van der Waals surface area contributed by atoms with Crippen molar-refractivity contribution in [2.75, 3.05) is 26.4 Å². The maximum absolute atomic E-state index is 5.90. The van der Waals surface area contributed by atoms with Crippen molar-refractivity contribution in [1.82, 2.24) is 29.7 Å². The van der Waals surface area contributed by atoms with E-state index in [1.807, 2.05) is 21.8 Å². The van der Waals surface area contributed by atoms with Gasteiger partial charge in [0.1, 0.15) is 0 Å². The summed E-state index contributed by atoms with van der Waals surface area (Å²) in [6.07, 6.45) is 11.3. The van der Waals surface area contributed by atoms with Gasteiger partial charge in [0.2, 0.25) is 11.5 Å². The van der Waals surface area contributed by atoms with Gasteiger partial charge in [-0.1, -0.05) is 24.3 Å². The van der Waals surface area contributed by atoms with Gasteiger partial charge >= 0.3 is 6.39 Å². The van der Waals surface area contributed by atoms with Crippen LogP contribution in [0.25, 0.3) is 22.6 Å². The molecule has 33 heavy (non-hydrogen) atoms. The Morgan fingerprint density at radius 1 is 1.09 bits per heavy atom. The Balaban J connectivity index is 1.41. The second-order valence-corrected chi connectivity index (χ2v) is 9.10. The van der Waals surface area contributed by atoms with Gasteiger partial charge in [-0.2, -0.15) is 5.10 Å². The molecule has 2 N–H and O–H groups in total. The summed E-state index contributed by atoms with van der Waals surface area (Å²) in [6.45, 7) is 3.97. The van der Waals surface area contributed by atoms with Gasteiger partial charge in [-0.25, -0.2) is 9.97 Å². The lowest BCUT2D eigenvalue weighted by atomic mass is 9.86. The van der Waals surface area contributed by atoms with Crippen molar-refractivity contribution in [1.29, 1.82) is 0 Å². The van der Waals surface area contributed by atoms with Crippen molar-refractivity contribution in [2.24, 2.45) is 5.92 Å². The van der Waals surface area contributed by atoms with Crippen LogP contribution in [0.5, 0.6) is 0 Å². The minimum Gasteiger partial charge on any atom is -0.383 e. The molecule has 5 rings (SSSR count). The lowest BCUT2D eigenvalue weighted by Crippen LogP contribution is -2.57. The van der Waals surface area contributed by atoms with E-state index in [-0.39, 0.29) is 11.5 Å². The van der Waals surface area contributed by atoms with Crippen LogP contribution in [0.2, 0.25) is 0 Å². The van der Waals surface area contributed by atoms with Crippen molar-refractivity contribution in [2.45, 2.75) is 31.8 Å². The summed E-state index contributed by atoms with van der Waals surface area (Å²) < 4.78 is 9.79. The first-order valence-electron chi connectivity index (χ1n) is 11.2. The molecule has 9 nitrogen and oxygen atoms in total. The van der Waals surface area contributed by atoms with Crippen LogP contribution in [0.4, 0.5) is 5.95 Å². The summed E-state index contributed by atoms with van der Waals surface area (Å²) in [6, 6.07) is 8.51. The van der Waals surface area contributed by atoms with E-state index < -0.39 is 0 Å². The Morgan fingerprint density at radius 2 is 1.82 bits per heavy atom. The summed E-state index contributed by atoms with van der Waals surface area (Å²) in [4.78, 5) is 10.3. The zero-order valence-corrected chi connectivity index (χ0v) is 19.2. The van der Waals surface area contributed by atoms with Crippen LogP contribution in [0, 0.1) is 5.92 Å². The fourth-order valence-corrected chi connectivity index (χ4v) is 4.17. The van der Waals surface area contributed by atoms with Crippen LogP contribution in [0.3, 0.4) is 0 Å². The number of rotatable bonds is 8. The molecule has 9 heteroatoms. The smallest absolute Gasteiger partial charge is 0.362 e. The Kier molecular flexibility index (Phi) is 5.41. The Morgan fingerprint density at radius 3 is 2.48 bits per heavy atom. The van der Waals surface area contributed by atoms with Crippen LogP contribution in [-0.2, 0) is 12.1 Å². The SMILES string of the molecule is CN(C)CCn1cc(-c2n[n+]([C@@](C)(c3ccc(-c4cnc(N)nc4)cc3)C3CC3)co2)cn1. The van der Waals surface area contributed by atoms with Gasteiger partial charge in [0.05, 0.1) is 18.3 Å². The number of hydrogen-bond acceptors (Lipinski definition) is 7. The number of likely N-dealkylation sites (N-methyl/N-ethyl adjacent to an activating group) is 1. The van der Waals surface area contributed by atoms with E-state index in [0.717, 1.165) is 29.8 Å². The van der Waals surface area contributed by atoms with Crippen molar-refractivity contribution in [3.8, 4) is 22.6 Å². The lowest BCUT2D eigenvalue weighted by Gasteiger charge is -2.21. The molecule has 170 valence electrons. The van der Waals surface area contributed by atoms with Gasteiger partial charge in [-0.3, -0.25) is 4.68 Å². The summed E-state index contributed by atoms with van der Waals surface area (Å²) in [5.41, 5.74) is 9.38. The number of anilines is 1. The molecule has 1 aromatic carbocycles. The Bertz CT molecular complexity index is 1220. The Labute approximate surface area is 192 Å². The highest BCUT2D eigenvalue weighted by molar-refractivity contribution is 5.62. The second-order valence-electron chi connectivity index (χ2n) is 9.10. The third-order valence-corrected chi connectivity index (χ3v) is 6.44. The van der Waals surface area contributed by atoms with E-state index in [4.69, 9.17) is 15.2 Å². The van der Waals surface area contributed by atoms with Crippen LogP contribution in [0.15, 0.2) is 59.9 Å². The van der Waals surface area contributed by atoms with Gasteiger partial charge in [-0.05, 0) is 37.2 Å². The van der Waals surface area contributed by atoms with E-state index >= 15 is 0 Å². The zero-order valence-electron chi connectivity index (χ0n) is 19.2. The number of nitrogens with two attached hydrogens (primary N) is 1. The van der Waals surface area contributed by atoms with Gasteiger partial charge in [0, 0.05) is 54.2 Å². The van der Waals surface area contributed by atoms with Crippen LogP contribution < -0.4 is 10.4 Å². The average molecular weight is 446 g/mol. The molecule has 3 heterocycles. The molecule has 1 aliphatic rings. The molecule has 0 aliphatic heterocycles. The molecule has 4 aromatic rings. The minimum atomic E-state index is -0.293. The molecule has 0 spiro atoms. The summed E-state index contributed by atoms with van der Waals surface area (Å²) in [5.74, 6) is 1.36. The van der Waals surface area contributed by atoms with Crippen molar-refractivity contribution >= 4 is 5.95 Å². The molecule has 0 radical (unpaired) electrons. The van der Waals surface area contributed by atoms with Gasteiger partial charge in [0.25, 0.3) is 5.89 Å². The lowest BCUT2D eigenvalue weighted by molar-refractivity contribution is -0.806. The molecule has 1 atom stereocenters.